The van der Waals surface area contributed by atoms with Gasteiger partial charge in [0, 0.05) is 43.1 Å². The molecule has 0 aromatic heterocycles. The van der Waals surface area contributed by atoms with Gasteiger partial charge in [0.15, 0.2) is 5.96 Å². The van der Waals surface area contributed by atoms with Gasteiger partial charge in [0.05, 0.1) is 13.2 Å². The van der Waals surface area contributed by atoms with Gasteiger partial charge >= 0.3 is 0 Å². The van der Waals surface area contributed by atoms with Crippen LogP contribution in [0.25, 0.3) is 0 Å². The molecule has 7 nitrogen and oxygen atoms in total. The molecule has 0 bridgehead atoms. The minimum atomic E-state index is 0.0295. The van der Waals surface area contributed by atoms with Gasteiger partial charge in [0.25, 0.3) is 0 Å². The Balaban J connectivity index is 2.03. The van der Waals surface area contributed by atoms with E-state index in [-0.39, 0.29) is 18.1 Å². The first-order chi connectivity index (χ1) is 13.4. The van der Waals surface area contributed by atoms with Crippen molar-refractivity contribution >= 4 is 11.9 Å². The first kappa shape index (κ1) is 21.9. The number of aliphatic imine (C=N–C) groups is 1. The molecule has 0 saturated heterocycles. The fraction of sp³-hybridized carbons (Fsp3) is 0.619. The molecule has 156 valence electrons. The summed E-state index contributed by atoms with van der Waals surface area (Å²) in [6.45, 7) is 12.3. The predicted molar refractivity (Wildman–Crippen MR) is 112 cm³/mol. The Kier molecular flexibility index (Phi) is 8.42. The van der Waals surface area contributed by atoms with Crippen LogP contribution < -0.4 is 25.4 Å². The van der Waals surface area contributed by atoms with Crippen LogP contribution in [0.5, 0.6) is 11.5 Å². The molecular formula is C21H34N4O3. The zero-order valence-electron chi connectivity index (χ0n) is 17.7. The molecule has 3 N–H and O–H groups in total. The second-order valence-corrected chi connectivity index (χ2v) is 7.23. The SMILES string of the molecule is CCNC(=NCc1cc2c(cc1OCC)CC(C)O2)NCCC(=O)NC(C)C. The number of hydrogen-bond acceptors (Lipinski definition) is 4. The third kappa shape index (κ3) is 6.62. The third-order valence-electron chi connectivity index (χ3n) is 4.22. The Hall–Kier alpha value is -2.44. The largest absolute Gasteiger partial charge is 0.494 e. The lowest BCUT2D eigenvalue weighted by molar-refractivity contribution is -0.121. The van der Waals surface area contributed by atoms with Gasteiger partial charge < -0.3 is 25.4 Å². The summed E-state index contributed by atoms with van der Waals surface area (Å²) in [6, 6.07) is 4.26. The van der Waals surface area contributed by atoms with Crippen molar-refractivity contribution in [2.24, 2.45) is 4.99 Å². The summed E-state index contributed by atoms with van der Waals surface area (Å²) in [7, 11) is 0. The highest BCUT2D eigenvalue weighted by Gasteiger charge is 2.21. The molecule has 1 heterocycles. The van der Waals surface area contributed by atoms with Crippen LogP contribution in [0.1, 0.15) is 52.2 Å². The zero-order valence-corrected chi connectivity index (χ0v) is 17.7. The normalized spacial score (nSPS) is 15.8. The Labute approximate surface area is 168 Å². The van der Waals surface area contributed by atoms with Gasteiger partial charge in [-0.3, -0.25) is 4.79 Å². The van der Waals surface area contributed by atoms with E-state index >= 15 is 0 Å². The topological polar surface area (TPSA) is 84.0 Å². The monoisotopic (exact) mass is 390 g/mol. The van der Waals surface area contributed by atoms with Gasteiger partial charge in [-0.15, -0.1) is 0 Å². The molecule has 2 rings (SSSR count). The molecule has 0 aliphatic carbocycles. The number of ether oxygens (including phenoxy) is 2. The smallest absolute Gasteiger partial charge is 0.221 e. The molecule has 1 aromatic carbocycles. The van der Waals surface area contributed by atoms with Crippen molar-refractivity contribution in [2.75, 3.05) is 19.7 Å². The average Bonchev–Trinajstić information content (AvgIpc) is 2.98. The number of carbonyl (C=O) groups is 1. The molecule has 0 fully saturated rings. The van der Waals surface area contributed by atoms with Crippen LogP contribution >= 0.6 is 0 Å². The Morgan fingerprint density at radius 1 is 1.32 bits per heavy atom. The van der Waals surface area contributed by atoms with Crippen molar-refractivity contribution < 1.29 is 14.3 Å². The second kappa shape index (κ2) is 10.8. The van der Waals surface area contributed by atoms with Crippen LogP contribution in [0.2, 0.25) is 0 Å². The number of nitrogens with zero attached hydrogens (tertiary/aromatic N) is 1. The Morgan fingerprint density at radius 3 is 2.79 bits per heavy atom. The van der Waals surface area contributed by atoms with Crippen LogP contribution in [0.3, 0.4) is 0 Å². The van der Waals surface area contributed by atoms with E-state index in [1.165, 1.54) is 5.56 Å². The summed E-state index contributed by atoms with van der Waals surface area (Å²) in [5.41, 5.74) is 2.18. The number of hydrogen-bond donors (Lipinski definition) is 3. The quantitative estimate of drug-likeness (QED) is 0.445. The highest BCUT2D eigenvalue weighted by Crippen LogP contribution is 2.35. The third-order valence-corrected chi connectivity index (χ3v) is 4.22. The van der Waals surface area contributed by atoms with Crippen LogP contribution in [0.15, 0.2) is 17.1 Å². The van der Waals surface area contributed by atoms with E-state index in [4.69, 9.17) is 9.47 Å². The van der Waals surface area contributed by atoms with Gasteiger partial charge in [-0.2, -0.15) is 0 Å². The number of benzene rings is 1. The minimum Gasteiger partial charge on any atom is -0.494 e. The van der Waals surface area contributed by atoms with E-state index < -0.39 is 0 Å². The summed E-state index contributed by atoms with van der Waals surface area (Å²) in [5, 5.41) is 9.31. The molecule has 1 aliphatic heterocycles. The van der Waals surface area contributed by atoms with E-state index in [0.29, 0.717) is 32.1 Å². The van der Waals surface area contributed by atoms with Crippen molar-refractivity contribution in [1.29, 1.82) is 0 Å². The molecule has 0 saturated carbocycles. The van der Waals surface area contributed by atoms with Gasteiger partial charge in [0.1, 0.15) is 17.6 Å². The molecule has 0 spiro atoms. The summed E-state index contributed by atoms with van der Waals surface area (Å²) in [4.78, 5) is 16.4. The minimum absolute atomic E-state index is 0.0295. The standard InChI is InChI=1S/C21H34N4O3/c1-6-22-21(23-9-8-20(26)25-14(3)4)24-13-17-12-19-16(10-15(5)28-19)11-18(17)27-7-2/h11-12,14-15H,6-10,13H2,1-5H3,(H,25,26)(H2,22,23,24). The Morgan fingerprint density at radius 2 is 2.11 bits per heavy atom. The van der Waals surface area contributed by atoms with Gasteiger partial charge in [-0.25, -0.2) is 4.99 Å². The molecule has 1 atom stereocenters. The second-order valence-electron chi connectivity index (χ2n) is 7.23. The van der Waals surface area contributed by atoms with Crippen molar-refractivity contribution in [3.05, 3.63) is 23.3 Å². The van der Waals surface area contributed by atoms with Crippen LogP contribution in [-0.2, 0) is 17.8 Å². The van der Waals surface area contributed by atoms with Gasteiger partial charge in [-0.05, 0) is 46.8 Å². The summed E-state index contributed by atoms with van der Waals surface area (Å²) in [6.07, 6.45) is 1.50. The number of amides is 1. The molecule has 1 amide bonds. The first-order valence-electron chi connectivity index (χ1n) is 10.2. The lowest BCUT2D eigenvalue weighted by atomic mass is 10.1. The van der Waals surface area contributed by atoms with Crippen molar-refractivity contribution in [1.82, 2.24) is 16.0 Å². The summed E-state index contributed by atoms with van der Waals surface area (Å²) in [5.74, 6) is 2.48. The van der Waals surface area contributed by atoms with Gasteiger partial charge in [-0.1, -0.05) is 0 Å². The van der Waals surface area contributed by atoms with Crippen molar-refractivity contribution in [3.8, 4) is 11.5 Å². The zero-order chi connectivity index (χ0) is 20.5. The fourth-order valence-corrected chi connectivity index (χ4v) is 3.09. The van der Waals surface area contributed by atoms with Crippen molar-refractivity contribution in [3.63, 3.8) is 0 Å². The van der Waals surface area contributed by atoms with Crippen molar-refractivity contribution in [2.45, 2.75) is 66.2 Å². The van der Waals surface area contributed by atoms with Crippen LogP contribution in [0.4, 0.5) is 0 Å². The molecule has 1 unspecified atom stereocenters. The molecule has 7 heteroatoms. The summed E-state index contributed by atoms with van der Waals surface area (Å²) >= 11 is 0. The predicted octanol–water partition coefficient (Wildman–Crippen LogP) is 2.38. The highest BCUT2D eigenvalue weighted by atomic mass is 16.5. The van der Waals surface area contributed by atoms with E-state index in [1.54, 1.807) is 0 Å². The molecule has 1 aromatic rings. The number of nitrogens with one attached hydrogen (secondary N) is 3. The number of fused-ring (bicyclic) bond motifs is 1. The molecular weight excluding hydrogens is 356 g/mol. The van der Waals surface area contributed by atoms with E-state index in [0.717, 1.165) is 30.0 Å². The van der Waals surface area contributed by atoms with Crippen LogP contribution in [-0.4, -0.2) is 43.7 Å². The van der Waals surface area contributed by atoms with E-state index in [1.807, 2.05) is 33.8 Å². The Bertz CT molecular complexity index is 688. The molecule has 28 heavy (non-hydrogen) atoms. The fourth-order valence-electron chi connectivity index (χ4n) is 3.09. The summed E-state index contributed by atoms with van der Waals surface area (Å²) < 4.78 is 11.7. The maximum Gasteiger partial charge on any atom is 0.221 e. The van der Waals surface area contributed by atoms with Gasteiger partial charge in [0.2, 0.25) is 5.91 Å². The maximum atomic E-state index is 11.8. The number of rotatable bonds is 9. The first-order valence-corrected chi connectivity index (χ1v) is 10.2. The number of guanidine groups is 1. The molecule has 1 aliphatic rings. The number of carbonyl (C=O) groups excluding carboxylic acids is 1. The molecule has 0 radical (unpaired) electrons. The lowest BCUT2D eigenvalue weighted by Gasteiger charge is -2.14. The average molecular weight is 391 g/mol. The van der Waals surface area contributed by atoms with E-state index in [9.17, 15) is 4.79 Å². The van der Waals surface area contributed by atoms with E-state index in [2.05, 4.69) is 33.9 Å². The maximum absolute atomic E-state index is 11.8. The highest BCUT2D eigenvalue weighted by molar-refractivity contribution is 5.81. The van der Waals surface area contributed by atoms with Crippen LogP contribution in [0, 0.1) is 0 Å². The lowest BCUT2D eigenvalue weighted by Crippen LogP contribution is -2.40.